The Morgan fingerprint density at radius 3 is 2.36 bits per heavy atom. The third-order valence-corrected chi connectivity index (χ3v) is 1.29. The average Bonchev–Trinajstić information content (AvgIpc) is 2.02. The Kier molecular flexibility index (Phi) is 5.87. The third-order valence-electron chi connectivity index (χ3n) is 1.29. The maximum absolute atomic E-state index is 11.0. The van der Waals surface area contributed by atoms with Gasteiger partial charge in [0.2, 0.25) is 0 Å². The van der Waals surface area contributed by atoms with E-state index in [9.17, 15) is 9.59 Å². The molecule has 0 amide bonds. The highest BCUT2D eigenvalue weighted by atomic mass is 16.6. The summed E-state index contributed by atoms with van der Waals surface area (Å²) in [4.78, 5) is 21.9. The molecule has 5 heteroatoms. The van der Waals surface area contributed by atoms with Gasteiger partial charge in [-0.15, -0.1) is 0 Å². The van der Waals surface area contributed by atoms with E-state index in [1.807, 2.05) is 0 Å². The fraction of sp³-hybridized carbons (Fsp3) is 0.778. The molecule has 0 aliphatic carbocycles. The molecule has 5 nitrogen and oxygen atoms in total. The second-order valence-electron chi connectivity index (χ2n) is 3.01. The van der Waals surface area contributed by atoms with Crippen molar-refractivity contribution >= 4 is 11.9 Å². The van der Waals surface area contributed by atoms with Gasteiger partial charge in [-0.25, -0.2) is 4.79 Å². The summed E-state index contributed by atoms with van der Waals surface area (Å²) in [7, 11) is 0. The fourth-order valence-electron chi connectivity index (χ4n) is 0.791. The molecule has 0 radical (unpaired) electrons. The number of ether oxygens (including phenoxy) is 2. The smallest absolute Gasteiger partial charge is 0.335 e. The lowest BCUT2D eigenvalue weighted by molar-refractivity contribution is -0.161. The van der Waals surface area contributed by atoms with Gasteiger partial charge in [-0.05, 0) is 20.8 Å². The minimum Gasteiger partial charge on any atom is -0.464 e. The molecule has 1 N–H and O–H groups in total. The predicted octanol–water partition coefficient (Wildman–Crippen LogP) is 0.252. The van der Waals surface area contributed by atoms with Crippen LogP contribution in [-0.4, -0.2) is 35.9 Å². The molecule has 0 aliphatic heterocycles. The third kappa shape index (κ3) is 5.53. The average molecular weight is 204 g/mol. The van der Waals surface area contributed by atoms with E-state index in [2.05, 4.69) is 4.74 Å². The van der Waals surface area contributed by atoms with Crippen LogP contribution in [0.15, 0.2) is 0 Å². The van der Waals surface area contributed by atoms with E-state index in [-0.39, 0.29) is 19.1 Å². The second-order valence-corrected chi connectivity index (χ2v) is 3.01. The molecule has 0 spiro atoms. The summed E-state index contributed by atoms with van der Waals surface area (Å²) < 4.78 is 9.26. The molecule has 0 aliphatic rings. The van der Waals surface area contributed by atoms with E-state index in [1.54, 1.807) is 20.8 Å². The van der Waals surface area contributed by atoms with Crippen molar-refractivity contribution in [2.45, 2.75) is 39.4 Å². The van der Waals surface area contributed by atoms with Crippen molar-refractivity contribution in [3.05, 3.63) is 0 Å². The summed E-state index contributed by atoms with van der Waals surface area (Å²) in [5, 5.41) is 9.16. The molecule has 0 saturated carbocycles. The van der Waals surface area contributed by atoms with Crippen LogP contribution in [0.2, 0.25) is 0 Å². The quantitative estimate of drug-likeness (QED) is 0.650. The van der Waals surface area contributed by atoms with E-state index in [0.717, 1.165) is 0 Å². The van der Waals surface area contributed by atoms with Gasteiger partial charge in [0.05, 0.1) is 19.1 Å². The molecule has 0 aromatic heterocycles. The van der Waals surface area contributed by atoms with E-state index in [1.165, 1.54) is 0 Å². The van der Waals surface area contributed by atoms with E-state index < -0.39 is 18.0 Å². The van der Waals surface area contributed by atoms with Crippen molar-refractivity contribution in [3.63, 3.8) is 0 Å². The van der Waals surface area contributed by atoms with Crippen LogP contribution in [0.3, 0.4) is 0 Å². The molecule has 0 aromatic carbocycles. The molecule has 0 bridgehead atoms. The number of hydrogen-bond donors (Lipinski definition) is 1. The van der Waals surface area contributed by atoms with Crippen molar-refractivity contribution in [3.8, 4) is 0 Å². The van der Waals surface area contributed by atoms with Gasteiger partial charge in [0.1, 0.15) is 0 Å². The van der Waals surface area contributed by atoms with Gasteiger partial charge in [-0.3, -0.25) is 4.79 Å². The number of esters is 2. The highest BCUT2D eigenvalue weighted by Crippen LogP contribution is 2.00. The van der Waals surface area contributed by atoms with Crippen molar-refractivity contribution < 1.29 is 24.2 Å². The molecule has 1 atom stereocenters. The number of rotatable bonds is 5. The van der Waals surface area contributed by atoms with Gasteiger partial charge in [-0.1, -0.05) is 0 Å². The molecule has 1 unspecified atom stereocenters. The number of hydrogen-bond acceptors (Lipinski definition) is 5. The van der Waals surface area contributed by atoms with Crippen molar-refractivity contribution in [2.24, 2.45) is 0 Å². The van der Waals surface area contributed by atoms with E-state index in [4.69, 9.17) is 9.84 Å². The lowest BCUT2D eigenvalue weighted by atomic mass is 10.2. The fourth-order valence-corrected chi connectivity index (χ4v) is 0.791. The second kappa shape index (κ2) is 6.37. The summed E-state index contributed by atoms with van der Waals surface area (Å²) in [6.45, 7) is 5.18. The van der Waals surface area contributed by atoms with Crippen LogP contribution in [0, 0.1) is 0 Å². The SMILES string of the molecule is CCOC(=O)C(O)CC(=O)OC(C)C. The zero-order chi connectivity index (χ0) is 11.1. The summed E-state index contributed by atoms with van der Waals surface area (Å²) in [6.07, 6.45) is -2.05. The summed E-state index contributed by atoms with van der Waals surface area (Å²) in [5.41, 5.74) is 0. The monoisotopic (exact) mass is 204 g/mol. The van der Waals surface area contributed by atoms with Crippen LogP contribution in [0.4, 0.5) is 0 Å². The number of aliphatic hydroxyl groups excluding tert-OH is 1. The highest BCUT2D eigenvalue weighted by molar-refractivity contribution is 5.81. The normalized spacial score (nSPS) is 12.4. The van der Waals surface area contributed by atoms with Gasteiger partial charge < -0.3 is 14.6 Å². The highest BCUT2D eigenvalue weighted by Gasteiger charge is 2.21. The van der Waals surface area contributed by atoms with E-state index in [0.29, 0.717) is 0 Å². The molecular formula is C9H16O5. The molecule has 0 rings (SSSR count). The Labute approximate surface area is 83.0 Å². The lowest BCUT2D eigenvalue weighted by Gasteiger charge is -2.11. The minimum atomic E-state index is -1.43. The first kappa shape index (κ1) is 12.9. The maximum atomic E-state index is 11.0. The Morgan fingerprint density at radius 1 is 1.36 bits per heavy atom. The van der Waals surface area contributed by atoms with Crippen LogP contribution < -0.4 is 0 Å². The van der Waals surface area contributed by atoms with Crippen molar-refractivity contribution in [2.75, 3.05) is 6.61 Å². The van der Waals surface area contributed by atoms with Crippen LogP contribution in [0.5, 0.6) is 0 Å². The molecular weight excluding hydrogens is 188 g/mol. The molecule has 0 aromatic rings. The lowest BCUT2D eigenvalue weighted by Crippen LogP contribution is -2.27. The number of carbonyl (C=O) groups excluding carboxylic acids is 2. The van der Waals surface area contributed by atoms with Gasteiger partial charge in [0.15, 0.2) is 6.10 Å². The topological polar surface area (TPSA) is 72.8 Å². The Hall–Kier alpha value is -1.10. The van der Waals surface area contributed by atoms with Crippen LogP contribution in [-0.2, 0) is 19.1 Å². The zero-order valence-corrected chi connectivity index (χ0v) is 8.65. The predicted molar refractivity (Wildman–Crippen MR) is 48.5 cm³/mol. The summed E-state index contributed by atoms with van der Waals surface area (Å²) in [5.74, 6) is -1.41. The number of aliphatic hydroxyl groups is 1. The van der Waals surface area contributed by atoms with Crippen molar-refractivity contribution in [1.82, 2.24) is 0 Å². The first-order valence-corrected chi connectivity index (χ1v) is 4.51. The van der Waals surface area contributed by atoms with Crippen LogP contribution in [0.1, 0.15) is 27.2 Å². The summed E-state index contributed by atoms with van der Waals surface area (Å²) >= 11 is 0. The minimum absolute atomic E-state index is 0.176. The van der Waals surface area contributed by atoms with Gasteiger partial charge in [0, 0.05) is 0 Å². The molecule has 14 heavy (non-hydrogen) atoms. The van der Waals surface area contributed by atoms with Gasteiger partial charge in [0.25, 0.3) is 0 Å². The maximum Gasteiger partial charge on any atom is 0.335 e. The van der Waals surface area contributed by atoms with Gasteiger partial charge in [-0.2, -0.15) is 0 Å². The van der Waals surface area contributed by atoms with Crippen molar-refractivity contribution in [1.29, 1.82) is 0 Å². The summed E-state index contributed by atoms with van der Waals surface area (Å²) in [6, 6.07) is 0. The molecule has 0 saturated heterocycles. The van der Waals surface area contributed by atoms with Crippen LogP contribution in [0.25, 0.3) is 0 Å². The van der Waals surface area contributed by atoms with E-state index >= 15 is 0 Å². The Morgan fingerprint density at radius 2 is 1.93 bits per heavy atom. The Balaban J connectivity index is 3.87. The Bertz CT molecular complexity index is 199. The first-order chi connectivity index (χ1) is 6.47. The van der Waals surface area contributed by atoms with Gasteiger partial charge >= 0.3 is 11.9 Å². The molecule has 82 valence electrons. The molecule has 0 fully saturated rings. The number of carbonyl (C=O) groups is 2. The standard InChI is InChI=1S/C9H16O5/c1-4-13-9(12)7(10)5-8(11)14-6(2)3/h6-7,10H,4-5H2,1-3H3. The molecule has 0 heterocycles. The largest absolute Gasteiger partial charge is 0.464 e. The van der Waals surface area contributed by atoms with Crippen LogP contribution >= 0.6 is 0 Å². The zero-order valence-electron chi connectivity index (χ0n) is 8.65. The first-order valence-electron chi connectivity index (χ1n) is 4.51.